The molecule has 0 bridgehead atoms. The Bertz CT molecular complexity index is 270. The highest BCUT2D eigenvalue weighted by atomic mass is 35.5. The number of hydrogen-bond donors (Lipinski definition) is 1. The second-order valence-corrected chi connectivity index (χ2v) is 3.21. The Kier molecular flexibility index (Phi) is 4.17. The Balaban J connectivity index is 0.000000980. The van der Waals surface area contributed by atoms with E-state index in [1.165, 1.54) is 12.1 Å². The second kappa shape index (κ2) is 5.17. The Morgan fingerprint density at radius 3 is 2.21 bits per heavy atom. The highest BCUT2D eigenvalue weighted by Crippen LogP contribution is 2.14. The van der Waals surface area contributed by atoms with Crippen molar-refractivity contribution in [3.05, 3.63) is 30.1 Å². The summed E-state index contributed by atoms with van der Waals surface area (Å²) in [6.07, 6.45) is 0. The molecule has 0 aliphatic carbocycles. The van der Waals surface area contributed by atoms with Gasteiger partial charge in [-0.3, -0.25) is 0 Å². The molecule has 0 amide bonds. The van der Waals surface area contributed by atoms with Crippen molar-refractivity contribution in [1.82, 2.24) is 5.32 Å². The van der Waals surface area contributed by atoms with Crippen molar-refractivity contribution in [3.8, 4) is 0 Å². The smallest absolute Gasteiger partial charge is 0.123 e. The minimum atomic E-state index is -0.168. The lowest BCUT2D eigenvalue weighted by Crippen LogP contribution is -3.00. The van der Waals surface area contributed by atoms with Crippen LogP contribution in [0.1, 0.15) is 0 Å². The number of rotatable bonds is 1. The molecule has 1 aromatic rings. The average Bonchev–Trinajstić information content (AvgIpc) is 2.20. The second-order valence-electron chi connectivity index (χ2n) is 3.21. The van der Waals surface area contributed by atoms with Crippen molar-refractivity contribution in [2.45, 2.75) is 0 Å². The highest BCUT2D eigenvalue weighted by molar-refractivity contribution is 5.46. The first-order chi connectivity index (χ1) is 6.36. The van der Waals surface area contributed by atoms with Crippen LogP contribution >= 0.6 is 0 Å². The quantitative estimate of drug-likeness (QED) is 0.597. The van der Waals surface area contributed by atoms with E-state index < -0.39 is 0 Å². The van der Waals surface area contributed by atoms with Crippen molar-refractivity contribution in [3.63, 3.8) is 0 Å². The molecular formula is C10H13ClFN2-. The summed E-state index contributed by atoms with van der Waals surface area (Å²) in [5.41, 5.74) is 1.11. The summed E-state index contributed by atoms with van der Waals surface area (Å²) in [5.74, 6) is -0.168. The lowest BCUT2D eigenvalue weighted by Gasteiger charge is -2.29. The molecule has 1 heterocycles. The zero-order chi connectivity index (χ0) is 9.10. The molecule has 0 aromatic heterocycles. The first-order valence-corrected chi connectivity index (χ1v) is 4.57. The lowest BCUT2D eigenvalue weighted by atomic mass is 10.2. The number of nitrogens with one attached hydrogen (secondary N) is 1. The van der Waals surface area contributed by atoms with Crippen LogP contribution in [0.5, 0.6) is 0 Å². The number of anilines is 1. The van der Waals surface area contributed by atoms with E-state index in [9.17, 15) is 4.39 Å². The molecule has 0 spiro atoms. The van der Waals surface area contributed by atoms with Crippen molar-refractivity contribution in [1.29, 1.82) is 0 Å². The van der Waals surface area contributed by atoms with E-state index in [1.54, 1.807) is 0 Å². The molecule has 0 atom stereocenters. The number of piperazine rings is 1. The molecule has 1 saturated heterocycles. The predicted molar refractivity (Wildman–Crippen MR) is 51.5 cm³/mol. The molecule has 2 rings (SSSR count). The molecule has 4 heteroatoms. The standard InChI is InChI=1S/C10H13FN2.ClH/c11-9-1-3-10(4-2-9)13-7-5-12-6-8-13;/h1-4,12H,5-8H2;1H/p-1. The van der Waals surface area contributed by atoms with Gasteiger partial charge in [0.2, 0.25) is 0 Å². The predicted octanol–water partition coefficient (Wildman–Crippen LogP) is -1.76. The molecule has 2 nitrogen and oxygen atoms in total. The van der Waals surface area contributed by atoms with Gasteiger partial charge < -0.3 is 22.6 Å². The van der Waals surface area contributed by atoms with Gasteiger partial charge in [-0.05, 0) is 24.3 Å². The number of hydrogen-bond acceptors (Lipinski definition) is 2. The SMILES string of the molecule is Fc1ccc(N2CCNCC2)cc1.[Cl-]. The zero-order valence-corrected chi connectivity index (χ0v) is 8.60. The van der Waals surface area contributed by atoms with Crippen LogP contribution in [0.3, 0.4) is 0 Å². The highest BCUT2D eigenvalue weighted by Gasteiger charge is 2.09. The van der Waals surface area contributed by atoms with Crippen molar-refractivity contribution in [2.24, 2.45) is 0 Å². The third-order valence-corrected chi connectivity index (χ3v) is 2.31. The van der Waals surface area contributed by atoms with E-state index in [0.717, 1.165) is 31.9 Å². The van der Waals surface area contributed by atoms with Gasteiger partial charge in [0.1, 0.15) is 5.82 Å². The van der Waals surface area contributed by atoms with Gasteiger partial charge in [-0.15, -0.1) is 0 Å². The number of nitrogens with zero attached hydrogens (tertiary/aromatic N) is 1. The normalized spacial score (nSPS) is 16.2. The summed E-state index contributed by atoms with van der Waals surface area (Å²) in [7, 11) is 0. The van der Waals surface area contributed by atoms with E-state index in [1.807, 2.05) is 12.1 Å². The fraction of sp³-hybridized carbons (Fsp3) is 0.400. The fourth-order valence-corrected chi connectivity index (χ4v) is 1.57. The summed E-state index contributed by atoms with van der Waals surface area (Å²) in [6, 6.07) is 6.69. The number of benzene rings is 1. The van der Waals surface area contributed by atoms with Crippen molar-refractivity contribution in [2.75, 3.05) is 31.1 Å². The van der Waals surface area contributed by atoms with Crippen molar-refractivity contribution >= 4 is 5.69 Å². The number of halogens is 2. The van der Waals surface area contributed by atoms with Gasteiger partial charge >= 0.3 is 0 Å². The Hall–Kier alpha value is -0.800. The third kappa shape index (κ3) is 2.59. The van der Waals surface area contributed by atoms with Crippen LogP contribution in [-0.4, -0.2) is 26.2 Å². The molecule has 0 unspecified atom stereocenters. The first kappa shape index (κ1) is 11.3. The molecule has 14 heavy (non-hydrogen) atoms. The van der Waals surface area contributed by atoms with Gasteiger partial charge in [0.25, 0.3) is 0 Å². The van der Waals surface area contributed by atoms with E-state index >= 15 is 0 Å². The Labute approximate surface area is 89.5 Å². The molecule has 1 fully saturated rings. The molecule has 1 aliphatic heterocycles. The molecule has 0 saturated carbocycles. The zero-order valence-electron chi connectivity index (χ0n) is 7.84. The Morgan fingerprint density at radius 2 is 1.64 bits per heavy atom. The van der Waals surface area contributed by atoms with Crippen LogP contribution < -0.4 is 22.6 Å². The van der Waals surface area contributed by atoms with Crippen LogP contribution in [0.2, 0.25) is 0 Å². The van der Waals surface area contributed by atoms with Gasteiger partial charge in [0, 0.05) is 31.9 Å². The summed E-state index contributed by atoms with van der Waals surface area (Å²) < 4.78 is 12.6. The lowest BCUT2D eigenvalue weighted by molar-refractivity contribution is -0.00000326. The largest absolute Gasteiger partial charge is 1.00 e. The molecular weight excluding hydrogens is 203 g/mol. The summed E-state index contributed by atoms with van der Waals surface area (Å²) in [5, 5.41) is 3.28. The van der Waals surface area contributed by atoms with E-state index in [-0.39, 0.29) is 18.2 Å². The summed E-state index contributed by atoms with van der Waals surface area (Å²) in [4.78, 5) is 2.26. The summed E-state index contributed by atoms with van der Waals surface area (Å²) in [6.45, 7) is 4.03. The minimum Gasteiger partial charge on any atom is -1.00 e. The molecule has 1 aromatic carbocycles. The van der Waals surface area contributed by atoms with Crippen molar-refractivity contribution < 1.29 is 16.8 Å². The van der Waals surface area contributed by atoms with Crippen LogP contribution in [0.4, 0.5) is 10.1 Å². The van der Waals surface area contributed by atoms with Crippen LogP contribution in [0, 0.1) is 5.82 Å². The summed E-state index contributed by atoms with van der Waals surface area (Å²) >= 11 is 0. The van der Waals surface area contributed by atoms with Crippen LogP contribution in [-0.2, 0) is 0 Å². The molecule has 0 radical (unpaired) electrons. The molecule has 1 aliphatic rings. The van der Waals surface area contributed by atoms with Gasteiger partial charge in [-0.25, -0.2) is 4.39 Å². The monoisotopic (exact) mass is 215 g/mol. The minimum absolute atomic E-state index is 0. The van der Waals surface area contributed by atoms with Gasteiger partial charge in [0.05, 0.1) is 0 Å². The maximum Gasteiger partial charge on any atom is 0.123 e. The molecule has 1 N–H and O–H groups in total. The maximum absolute atomic E-state index is 12.6. The van der Waals surface area contributed by atoms with Crippen LogP contribution in [0.15, 0.2) is 24.3 Å². The topological polar surface area (TPSA) is 15.3 Å². The first-order valence-electron chi connectivity index (χ1n) is 4.57. The van der Waals surface area contributed by atoms with Gasteiger partial charge in [-0.2, -0.15) is 0 Å². The van der Waals surface area contributed by atoms with E-state index in [0.29, 0.717) is 0 Å². The Morgan fingerprint density at radius 1 is 1.07 bits per heavy atom. The van der Waals surface area contributed by atoms with Gasteiger partial charge in [-0.1, -0.05) is 0 Å². The van der Waals surface area contributed by atoms with E-state index in [4.69, 9.17) is 0 Å². The average molecular weight is 216 g/mol. The van der Waals surface area contributed by atoms with E-state index in [2.05, 4.69) is 10.2 Å². The van der Waals surface area contributed by atoms with Crippen LogP contribution in [0.25, 0.3) is 0 Å². The van der Waals surface area contributed by atoms with Gasteiger partial charge in [0.15, 0.2) is 0 Å². The maximum atomic E-state index is 12.6. The molecule has 78 valence electrons. The third-order valence-electron chi connectivity index (χ3n) is 2.31. The fourth-order valence-electron chi connectivity index (χ4n) is 1.57.